The van der Waals surface area contributed by atoms with Crippen LogP contribution in [0.5, 0.6) is 0 Å². The normalized spacial score (nSPS) is 22.2. The Morgan fingerprint density at radius 3 is 2.56 bits per heavy atom. The number of guanidine groups is 1. The lowest BCUT2D eigenvalue weighted by molar-refractivity contribution is -0.0679. The molecule has 2 atom stereocenters. The number of thiophene rings is 1. The highest BCUT2D eigenvalue weighted by molar-refractivity contribution is 7.11. The van der Waals surface area contributed by atoms with Gasteiger partial charge in [-0.05, 0) is 45.7 Å². The topological polar surface area (TPSA) is 48.9 Å². The Balaban J connectivity index is 1.72. The molecule has 2 unspecified atom stereocenters. The lowest BCUT2D eigenvalue weighted by Gasteiger charge is -2.35. The first-order chi connectivity index (χ1) is 12.1. The molecule has 0 spiro atoms. The number of nitrogens with zero attached hydrogens (tertiary/aromatic N) is 2. The summed E-state index contributed by atoms with van der Waals surface area (Å²) in [6.07, 6.45) is 2.90. The van der Waals surface area contributed by atoms with E-state index in [9.17, 15) is 0 Å². The van der Waals surface area contributed by atoms with Crippen LogP contribution in [0.2, 0.25) is 0 Å². The van der Waals surface area contributed by atoms with Crippen molar-refractivity contribution in [2.24, 2.45) is 4.99 Å². The van der Waals surface area contributed by atoms with Gasteiger partial charge in [-0.3, -0.25) is 4.90 Å². The molecule has 1 aliphatic rings. The third-order valence-corrected chi connectivity index (χ3v) is 5.46. The first kappa shape index (κ1) is 20.2. The zero-order valence-corrected chi connectivity index (χ0v) is 17.0. The third-order valence-electron chi connectivity index (χ3n) is 4.24. The lowest BCUT2D eigenvalue weighted by atomic mass is 10.2. The summed E-state index contributed by atoms with van der Waals surface area (Å²) < 4.78 is 5.79. The number of hydrogen-bond acceptors (Lipinski definition) is 4. The summed E-state index contributed by atoms with van der Waals surface area (Å²) in [5, 5.41) is 6.80. The fourth-order valence-electron chi connectivity index (χ4n) is 3.17. The minimum Gasteiger partial charge on any atom is -0.373 e. The van der Waals surface area contributed by atoms with Gasteiger partial charge in [0.25, 0.3) is 0 Å². The third kappa shape index (κ3) is 7.34. The fourth-order valence-corrected chi connectivity index (χ4v) is 4.05. The Kier molecular flexibility index (Phi) is 8.72. The number of rotatable bonds is 8. The van der Waals surface area contributed by atoms with E-state index in [1.807, 2.05) is 11.3 Å². The van der Waals surface area contributed by atoms with Gasteiger partial charge < -0.3 is 15.4 Å². The first-order valence-electron chi connectivity index (χ1n) is 9.58. The van der Waals surface area contributed by atoms with Gasteiger partial charge in [-0.1, -0.05) is 6.92 Å². The molecule has 0 saturated carbocycles. The maximum atomic E-state index is 5.79. The SMILES string of the molecule is CCNC(=NCc1ccc(CC)s1)NCCCN1CC(C)OC(C)C1. The van der Waals surface area contributed by atoms with Gasteiger partial charge in [0.05, 0.1) is 18.8 Å². The molecule has 2 rings (SSSR count). The van der Waals surface area contributed by atoms with Crippen molar-refractivity contribution in [3.05, 3.63) is 21.9 Å². The van der Waals surface area contributed by atoms with Gasteiger partial charge in [-0.2, -0.15) is 0 Å². The highest BCUT2D eigenvalue weighted by atomic mass is 32.1. The predicted octanol–water partition coefficient (Wildman–Crippen LogP) is 2.86. The molecule has 142 valence electrons. The fraction of sp³-hybridized carbons (Fsp3) is 0.737. The highest BCUT2D eigenvalue weighted by Gasteiger charge is 2.21. The minimum atomic E-state index is 0.342. The average molecular weight is 367 g/mol. The number of ether oxygens (including phenoxy) is 1. The van der Waals surface area contributed by atoms with Gasteiger partial charge in [-0.25, -0.2) is 4.99 Å². The van der Waals surface area contributed by atoms with E-state index in [0.29, 0.717) is 12.2 Å². The Hall–Kier alpha value is -1.11. The zero-order valence-electron chi connectivity index (χ0n) is 16.2. The van der Waals surface area contributed by atoms with Crippen LogP contribution in [-0.4, -0.2) is 55.8 Å². The van der Waals surface area contributed by atoms with Crippen molar-refractivity contribution in [3.63, 3.8) is 0 Å². The molecular formula is C19H34N4OS. The summed E-state index contributed by atoms with van der Waals surface area (Å²) in [6, 6.07) is 4.40. The van der Waals surface area contributed by atoms with Crippen LogP contribution in [0.15, 0.2) is 17.1 Å². The van der Waals surface area contributed by atoms with Gasteiger partial charge in [-0.15, -0.1) is 11.3 Å². The van der Waals surface area contributed by atoms with Gasteiger partial charge in [0, 0.05) is 42.5 Å². The van der Waals surface area contributed by atoms with Crippen LogP contribution in [-0.2, 0) is 17.7 Å². The molecule has 1 aliphatic heterocycles. The van der Waals surface area contributed by atoms with Crippen molar-refractivity contribution in [2.45, 2.75) is 59.3 Å². The van der Waals surface area contributed by atoms with Crippen LogP contribution in [0.1, 0.15) is 43.9 Å². The Morgan fingerprint density at radius 2 is 1.92 bits per heavy atom. The molecular weight excluding hydrogens is 332 g/mol. The molecule has 5 nitrogen and oxygen atoms in total. The smallest absolute Gasteiger partial charge is 0.191 e. The first-order valence-corrected chi connectivity index (χ1v) is 10.4. The van der Waals surface area contributed by atoms with Crippen molar-refractivity contribution in [1.29, 1.82) is 0 Å². The molecule has 1 aromatic rings. The number of morpholine rings is 1. The molecule has 1 saturated heterocycles. The predicted molar refractivity (Wildman–Crippen MR) is 108 cm³/mol. The van der Waals surface area contributed by atoms with Gasteiger partial charge >= 0.3 is 0 Å². The summed E-state index contributed by atoms with van der Waals surface area (Å²) in [7, 11) is 0. The van der Waals surface area contributed by atoms with E-state index < -0.39 is 0 Å². The number of hydrogen-bond donors (Lipinski definition) is 2. The summed E-state index contributed by atoms with van der Waals surface area (Å²) in [4.78, 5) is 9.97. The molecule has 0 bridgehead atoms. The molecule has 0 radical (unpaired) electrons. The van der Waals surface area contributed by atoms with E-state index in [0.717, 1.165) is 58.1 Å². The van der Waals surface area contributed by atoms with Crippen LogP contribution >= 0.6 is 11.3 Å². The Bertz CT molecular complexity index is 521. The molecule has 6 heteroatoms. The van der Waals surface area contributed by atoms with Gasteiger partial charge in [0.1, 0.15) is 0 Å². The van der Waals surface area contributed by atoms with Crippen molar-refractivity contribution < 1.29 is 4.74 Å². The molecule has 0 aliphatic carbocycles. The second-order valence-electron chi connectivity index (χ2n) is 6.71. The number of nitrogens with one attached hydrogen (secondary N) is 2. The average Bonchev–Trinajstić information content (AvgIpc) is 3.03. The van der Waals surface area contributed by atoms with E-state index in [-0.39, 0.29) is 0 Å². The molecule has 0 amide bonds. The van der Waals surface area contributed by atoms with Crippen LogP contribution < -0.4 is 10.6 Å². The highest BCUT2D eigenvalue weighted by Crippen LogP contribution is 2.17. The Morgan fingerprint density at radius 1 is 1.20 bits per heavy atom. The maximum Gasteiger partial charge on any atom is 0.191 e. The van der Waals surface area contributed by atoms with Crippen LogP contribution in [0, 0.1) is 0 Å². The van der Waals surface area contributed by atoms with Crippen LogP contribution in [0.4, 0.5) is 0 Å². The molecule has 2 heterocycles. The largest absolute Gasteiger partial charge is 0.373 e. The van der Waals surface area contributed by atoms with E-state index >= 15 is 0 Å². The quantitative estimate of drug-likeness (QED) is 0.422. The summed E-state index contributed by atoms with van der Waals surface area (Å²) in [5.41, 5.74) is 0. The lowest BCUT2D eigenvalue weighted by Crippen LogP contribution is -2.46. The van der Waals surface area contributed by atoms with E-state index in [1.54, 1.807) is 0 Å². The van der Waals surface area contributed by atoms with Crippen molar-refractivity contribution in [2.75, 3.05) is 32.7 Å². The van der Waals surface area contributed by atoms with Crippen LogP contribution in [0.3, 0.4) is 0 Å². The summed E-state index contributed by atoms with van der Waals surface area (Å²) in [6.45, 7) is 14.4. The van der Waals surface area contributed by atoms with E-state index in [1.165, 1.54) is 9.75 Å². The molecule has 0 aromatic carbocycles. The second-order valence-corrected chi connectivity index (χ2v) is 7.97. The van der Waals surface area contributed by atoms with E-state index in [4.69, 9.17) is 9.73 Å². The maximum absolute atomic E-state index is 5.79. The van der Waals surface area contributed by atoms with Crippen molar-refractivity contribution in [3.8, 4) is 0 Å². The second kappa shape index (κ2) is 10.8. The molecule has 1 aromatic heterocycles. The summed E-state index contributed by atoms with van der Waals surface area (Å²) in [5.74, 6) is 0.915. The van der Waals surface area contributed by atoms with Crippen LogP contribution in [0.25, 0.3) is 0 Å². The number of aryl methyl sites for hydroxylation is 1. The molecule has 25 heavy (non-hydrogen) atoms. The van der Waals surface area contributed by atoms with Crippen molar-refractivity contribution >= 4 is 17.3 Å². The van der Waals surface area contributed by atoms with Crippen molar-refractivity contribution in [1.82, 2.24) is 15.5 Å². The molecule has 1 fully saturated rings. The number of aliphatic imine (C=N–C) groups is 1. The minimum absolute atomic E-state index is 0.342. The Labute approximate surface area is 156 Å². The monoisotopic (exact) mass is 366 g/mol. The van der Waals surface area contributed by atoms with Gasteiger partial charge in [0.15, 0.2) is 5.96 Å². The molecule has 2 N–H and O–H groups in total. The standard InChI is InChI=1S/C19H34N4OS/c1-5-17-8-9-18(25-17)12-22-19(20-6-2)21-10-7-11-23-13-15(3)24-16(4)14-23/h8-9,15-16H,5-7,10-14H2,1-4H3,(H2,20,21,22). The zero-order chi connectivity index (χ0) is 18.1. The van der Waals surface area contributed by atoms with Gasteiger partial charge in [0.2, 0.25) is 0 Å². The van der Waals surface area contributed by atoms with E-state index in [2.05, 4.69) is 55.4 Å². The summed E-state index contributed by atoms with van der Waals surface area (Å²) >= 11 is 1.86.